The fourth-order valence-electron chi connectivity index (χ4n) is 4.17. The molecule has 2 N–H and O–H groups in total. The van der Waals surface area contributed by atoms with E-state index < -0.39 is 6.04 Å². The number of imidazole rings is 1. The highest BCUT2D eigenvalue weighted by molar-refractivity contribution is 5.90. The molecular formula is C21H19N9O2. The zero-order valence-electron chi connectivity index (χ0n) is 17.4. The van der Waals surface area contributed by atoms with Gasteiger partial charge in [0, 0.05) is 30.6 Å². The minimum Gasteiger partial charge on any atom is -0.411 e. The normalized spacial score (nSPS) is 15.9. The van der Waals surface area contributed by atoms with Crippen molar-refractivity contribution in [2.75, 3.05) is 6.54 Å². The van der Waals surface area contributed by atoms with Crippen LogP contribution in [0.2, 0.25) is 0 Å². The molecule has 11 heteroatoms. The second kappa shape index (κ2) is 6.87. The maximum atomic E-state index is 13.5. The maximum absolute atomic E-state index is 13.5. The number of aromatic amines is 2. The van der Waals surface area contributed by atoms with E-state index in [1.54, 1.807) is 17.3 Å². The minimum absolute atomic E-state index is 0.0930. The van der Waals surface area contributed by atoms with Gasteiger partial charge in [-0.15, -0.1) is 10.2 Å². The monoisotopic (exact) mass is 429 g/mol. The lowest BCUT2D eigenvalue weighted by atomic mass is 9.99. The molecule has 11 nitrogen and oxygen atoms in total. The average molecular weight is 429 g/mol. The van der Waals surface area contributed by atoms with Crippen LogP contribution in [0.3, 0.4) is 0 Å². The molecule has 6 heterocycles. The fraction of sp³-hybridized carbons (Fsp3) is 0.238. The number of aryl methyl sites for hydroxylation is 2. The molecule has 160 valence electrons. The zero-order valence-corrected chi connectivity index (χ0v) is 17.4. The quantitative estimate of drug-likeness (QED) is 0.449. The summed E-state index contributed by atoms with van der Waals surface area (Å²) in [6, 6.07) is 7.27. The third-order valence-corrected chi connectivity index (χ3v) is 5.73. The van der Waals surface area contributed by atoms with Crippen molar-refractivity contribution in [3.05, 3.63) is 71.0 Å². The Labute approximate surface area is 181 Å². The molecule has 32 heavy (non-hydrogen) atoms. The molecule has 5 aromatic rings. The number of fused-ring (bicyclic) bond motifs is 2. The Hall–Kier alpha value is -4.28. The summed E-state index contributed by atoms with van der Waals surface area (Å²) in [5.74, 6) is -0.275. The summed E-state index contributed by atoms with van der Waals surface area (Å²) >= 11 is 0. The summed E-state index contributed by atoms with van der Waals surface area (Å²) in [6.45, 7) is 4.36. The van der Waals surface area contributed by atoms with Crippen molar-refractivity contribution >= 4 is 11.4 Å². The fourth-order valence-corrected chi connectivity index (χ4v) is 4.17. The van der Waals surface area contributed by atoms with Gasteiger partial charge < -0.3 is 14.3 Å². The van der Waals surface area contributed by atoms with E-state index >= 15 is 0 Å². The molecule has 1 atom stereocenters. The first kappa shape index (κ1) is 18.5. The van der Waals surface area contributed by atoms with Gasteiger partial charge in [-0.2, -0.15) is 10.2 Å². The number of carbonyl (C=O) groups excluding carboxylic acids is 1. The lowest BCUT2D eigenvalue weighted by molar-refractivity contribution is 0.0646. The molecule has 1 aliphatic rings. The van der Waals surface area contributed by atoms with E-state index in [9.17, 15) is 4.79 Å². The third-order valence-electron chi connectivity index (χ3n) is 5.73. The summed E-state index contributed by atoms with van der Waals surface area (Å²) in [5, 5.41) is 19.7. The molecule has 5 aromatic heterocycles. The molecular weight excluding hydrogens is 410 g/mol. The number of carbonyl (C=O) groups is 1. The van der Waals surface area contributed by atoms with Gasteiger partial charge in [0.05, 0.1) is 23.2 Å². The number of hydrogen-bond acceptors (Lipinski definition) is 7. The lowest BCUT2D eigenvalue weighted by Gasteiger charge is -2.32. The molecule has 0 saturated heterocycles. The summed E-state index contributed by atoms with van der Waals surface area (Å²) < 4.78 is 7.50. The zero-order chi connectivity index (χ0) is 21.8. The van der Waals surface area contributed by atoms with Crippen LogP contribution >= 0.6 is 0 Å². The van der Waals surface area contributed by atoms with Crippen LogP contribution in [0.1, 0.15) is 45.1 Å². The highest BCUT2D eigenvalue weighted by Gasteiger charge is 2.38. The van der Waals surface area contributed by atoms with Crippen LogP contribution < -0.4 is 0 Å². The first-order valence-corrected chi connectivity index (χ1v) is 10.2. The number of nitrogens with one attached hydrogen (secondary N) is 2. The number of nitrogens with zero attached hydrogens (tertiary/aromatic N) is 7. The van der Waals surface area contributed by atoms with E-state index in [1.807, 2.05) is 42.8 Å². The Kier molecular flexibility index (Phi) is 3.97. The number of amides is 1. The third kappa shape index (κ3) is 2.82. The molecule has 0 radical (unpaired) electrons. The molecule has 0 fully saturated rings. The largest absolute Gasteiger partial charge is 0.411 e. The number of rotatable bonds is 3. The topological polar surface area (TPSA) is 134 Å². The second-order valence-corrected chi connectivity index (χ2v) is 7.86. The predicted molar refractivity (Wildman–Crippen MR) is 112 cm³/mol. The Bertz CT molecular complexity index is 1460. The minimum atomic E-state index is -0.472. The molecule has 0 saturated carbocycles. The van der Waals surface area contributed by atoms with Gasteiger partial charge in [0.25, 0.3) is 5.89 Å². The number of aromatic nitrogens is 8. The predicted octanol–water partition coefficient (Wildman–Crippen LogP) is 2.24. The van der Waals surface area contributed by atoms with Gasteiger partial charge in [-0.05, 0) is 37.6 Å². The van der Waals surface area contributed by atoms with Crippen molar-refractivity contribution in [1.82, 2.24) is 44.9 Å². The van der Waals surface area contributed by atoms with E-state index in [0.29, 0.717) is 18.7 Å². The van der Waals surface area contributed by atoms with Crippen LogP contribution in [0, 0.1) is 13.8 Å². The van der Waals surface area contributed by atoms with Crippen LogP contribution in [0.15, 0.2) is 41.2 Å². The van der Waals surface area contributed by atoms with Gasteiger partial charge in [-0.25, -0.2) is 9.50 Å². The number of pyridine rings is 1. The van der Waals surface area contributed by atoms with E-state index in [1.165, 1.54) is 0 Å². The van der Waals surface area contributed by atoms with Crippen molar-refractivity contribution in [2.24, 2.45) is 0 Å². The van der Waals surface area contributed by atoms with Crippen molar-refractivity contribution in [3.63, 3.8) is 0 Å². The second-order valence-electron chi connectivity index (χ2n) is 7.86. The van der Waals surface area contributed by atoms with Crippen LogP contribution in [-0.4, -0.2) is 57.3 Å². The average Bonchev–Trinajstić information content (AvgIpc) is 3.57. The smallest absolute Gasteiger partial charge is 0.312 e. The van der Waals surface area contributed by atoms with Gasteiger partial charge in [0.15, 0.2) is 0 Å². The Morgan fingerprint density at radius 3 is 2.97 bits per heavy atom. The van der Waals surface area contributed by atoms with Crippen molar-refractivity contribution in [2.45, 2.75) is 26.3 Å². The van der Waals surface area contributed by atoms with Gasteiger partial charge >= 0.3 is 11.8 Å². The lowest BCUT2D eigenvalue weighted by Crippen LogP contribution is -2.41. The molecule has 0 bridgehead atoms. The maximum Gasteiger partial charge on any atom is 0.312 e. The molecule has 1 aliphatic heterocycles. The first-order chi connectivity index (χ1) is 15.6. The molecule has 0 aliphatic carbocycles. The van der Waals surface area contributed by atoms with E-state index in [2.05, 4.69) is 30.4 Å². The summed E-state index contributed by atoms with van der Waals surface area (Å²) in [4.78, 5) is 22.9. The van der Waals surface area contributed by atoms with Crippen LogP contribution in [-0.2, 0) is 6.42 Å². The number of hydrogen-bond donors (Lipinski definition) is 2. The van der Waals surface area contributed by atoms with Crippen LogP contribution in [0.4, 0.5) is 0 Å². The summed E-state index contributed by atoms with van der Waals surface area (Å²) in [5.41, 5.74) is 5.91. The Balaban J connectivity index is 1.41. The summed E-state index contributed by atoms with van der Waals surface area (Å²) in [6.07, 6.45) is 4.18. The summed E-state index contributed by atoms with van der Waals surface area (Å²) in [7, 11) is 0. The van der Waals surface area contributed by atoms with Crippen LogP contribution in [0.25, 0.3) is 17.1 Å². The Morgan fingerprint density at radius 2 is 2.16 bits per heavy atom. The van der Waals surface area contributed by atoms with E-state index in [0.717, 1.165) is 33.9 Å². The van der Waals surface area contributed by atoms with Gasteiger partial charge in [-0.1, -0.05) is 6.07 Å². The van der Waals surface area contributed by atoms with Crippen molar-refractivity contribution in [3.8, 4) is 11.6 Å². The van der Waals surface area contributed by atoms with Gasteiger partial charge in [-0.3, -0.25) is 9.89 Å². The Morgan fingerprint density at radius 1 is 1.25 bits per heavy atom. The van der Waals surface area contributed by atoms with E-state index in [-0.39, 0.29) is 17.7 Å². The van der Waals surface area contributed by atoms with Crippen molar-refractivity contribution < 1.29 is 9.21 Å². The SMILES string of the molecule is Cc1cc(-c2nnc(C(=O)N3CCc4[nH]cnc4[C@@H]3c3cc4c(C)cccn4n3)o2)n[nH]1. The van der Waals surface area contributed by atoms with Gasteiger partial charge in [0.2, 0.25) is 0 Å². The standard InChI is InChI=1S/C21H19N9O2/c1-11-4-3-6-30-16(11)9-14(28-30)18-17-13(22-10-23-17)5-7-29(18)21(31)20-27-26-19(32-20)15-8-12(2)24-25-15/h3-4,6,8-10,18H,5,7H2,1-2H3,(H,22,23)(H,24,25)/t18-/m0/s1. The molecule has 0 aromatic carbocycles. The highest BCUT2D eigenvalue weighted by atomic mass is 16.4. The highest BCUT2D eigenvalue weighted by Crippen LogP contribution is 2.34. The molecule has 6 rings (SSSR count). The number of H-pyrrole nitrogens is 2. The van der Waals surface area contributed by atoms with Crippen LogP contribution in [0.5, 0.6) is 0 Å². The molecule has 0 unspecified atom stereocenters. The molecule has 1 amide bonds. The molecule has 0 spiro atoms. The van der Waals surface area contributed by atoms with Gasteiger partial charge in [0.1, 0.15) is 11.7 Å². The first-order valence-electron chi connectivity index (χ1n) is 10.2. The van der Waals surface area contributed by atoms with E-state index in [4.69, 9.17) is 9.52 Å². The van der Waals surface area contributed by atoms with Crippen molar-refractivity contribution in [1.29, 1.82) is 0 Å².